The van der Waals surface area contributed by atoms with E-state index in [4.69, 9.17) is 25.9 Å². The summed E-state index contributed by atoms with van der Waals surface area (Å²) in [5.74, 6) is 1.55. The average Bonchev–Trinajstić information content (AvgIpc) is 3.66. The molecule has 0 saturated carbocycles. The molecule has 1 aliphatic rings. The van der Waals surface area contributed by atoms with Gasteiger partial charge in [0.25, 0.3) is 0 Å². The van der Waals surface area contributed by atoms with E-state index in [1.807, 2.05) is 60.7 Å². The third-order valence-electron chi connectivity index (χ3n) is 7.34. The van der Waals surface area contributed by atoms with Gasteiger partial charge in [-0.25, -0.2) is 4.68 Å². The van der Waals surface area contributed by atoms with E-state index in [2.05, 4.69) is 24.4 Å². The maximum Gasteiger partial charge on any atom is 0.240 e. The number of fused-ring (bicyclic) bond motifs is 1. The van der Waals surface area contributed by atoms with Crippen LogP contribution in [0.25, 0.3) is 16.9 Å². The zero-order valence-electron chi connectivity index (χ0n) is 23.6. The number of nitrogens with zero attached hydrogens (tertiary/aromatic N) is 3. The van der Waals surface area contributed by atoms with E-state index in [1.54, 1.807) is 35.1 Å². The number of anilines is 1. The number of aromatic nitrogens is 2. The van der Waals surface area contributed by atoms with E-state index in [0.29, 0.717) is 28.0 Å². The molecule has 1 N–H and O–H groups in total. The van der Waals surface area contributed by atoms with Crippen molar-refractivity contribution in [1.82, 2.24) is 15.1 Å². The van der Waals surface area contributed by atoms with Crippen LogP contribution in [0.15, 0.2) is 95.6 Å². The van der Waals surface area contributed by atoms with Crippen LogP contribution in [0.2, 0.25) is 5.02 Å². The van der Waals surface area contributed by atoms with Crippen molar-refractivity contribution >= 4 is 41.0 Å². The molecule has 2 aromatic heterocycles. The lowest BCUT2D eigenvalue weighted by Gasteiger charge is -2.23. The molecule has 3 aromatic carbocycles. The first-order valence-corrected chi connectivity index (χ1v) is 15.2. The molecular formula is C33H29ClN4O4S. The number of hydrogen-bond donors (Lipinski definition) is 1. The van der Waals surface area contributed by atoms with Gasteiger partial charge in [0.05, 0.1) is 42.3 Å². The van der Waals surface area contributed by atoms with Crippen molar-refractivity contribution in [2.45, 2.75) is 18.7 Å². The second kappa shape index (κ2) is 12.4. The Labute approximate surface area is 258 Å². The molecule has 3 heterocycles. The van der Waals surface area contributed by atoms with Gasteiger partial charge in [-0.3, -0.25) is 14.5 Å². The Morgan fingerprint density at radius 2 is 1.84 bits per heavy atom. The van der Waals surface area contributed by atoms with E-state index >= 15 is 0 Å². The lowest BCUT2D eigenvalue weighted by atomic mass is 9.97. The Hall–Kier alpha value is -4.47. The van der Waals surface area contributed by atoms with E-state index in [9.17, 15) is 9.59 Å². The van der Waals surface area contributed by atoms with Crippen LogP contribution in [0.1, 0.15) is 27.7 Å². The smallest absolute Gasteiger partial charge is 0.240 e. The van der Waals surface area contributed by atoms with Crippen molar-refractivity contribution in [3.05, 3.63) is 119 Å². The minimum absolute atomic E-state index is 0.182. The van der Waals surface area contributed by atoms with Crippen LogP contribution in [0, 0.1) is 6.92 Å². The van der Waals surface area contributed by atoms with Crippen molar-refractivity contribution in [3.8, 4) is 22.7 Å². The summed E-state index contributed by atoms with van der Waals surface area (Å²) in [6.07, 6.45) is 1.56. The summed E-state index contributed by atoms with van der Waals surface area (Å²) in [7, 11) is 1.61. The summed E-state index contributed by atoms with van der Waals surface area (Å²) < 4.78 is 12.5. The van der Waals surface area contributed by atoms with Gasteiger partial charge in [-0.1, -0.05) is 48.0 Å². The third kappa shape index (κ3) is 5.91. The molecule has 2 amide bonds. The van der Waals surface area contributed by atoms with Gasteiger partial charge in [0.15, 0.2) is 0 Å². The van der Waals surface area contributed by atoms with E-state index < -0.39 is 0 Å². The molecule has 43 heavy (non-hydrogen) atoms. The van der Waals surface area contributed by atoms with Crippen LogP contribution in [-0.2, 0) is 16.1 Å². The highest BCUT2D eigenvalue weighted by molar-refractivity contribution is 8.00. The first kappa shape index (κ1) is 28.6. The zero-order chi connectivity index (χ0) is 29.9. The molecule has 0 radical (unpaired) electrons. The number of carbonyl (C=O) groups is 2. The maximum atomic E-state index is 13.9. The number of ether oxygens (including phenoxy) is 1. The number of methoxy groups -OCH3 is 1. The molecule has 1 aliphatic heterocycles. The first-order chi connectivity index (χ1) is 20.9. The van der Waals surface area contributed by atoms with Gasteiger partial charge in [-0.05, 0) is 66.6 Å². The van der Waals surface area contributed by atoms with Crippen LogP contribution in [0.4, 0.5) is 5.82 Å². The SMILES string of the molecule is COc1ccc(-n2nc(-c3ccc(Cl)cc3)c3c2N(CC(=O)NCc2ccco2)C(=O)CS[C@@H]3c2ccccc2C)cc1. The van der Waals surface area contributed by atoms with E-state index in [-0.39, 0.29) is 35.9 Å². The molecular weight excluding hydrogens is 584 g/mol. The Bertz CT molecular complexity index is 1750. The van der Waals surface area contributed by atoms with Crippen molar-refractivity contribution < 1.29 is 18.7 Å². The van der Waals surface area contributed by atoms with Crippen LogP contribution < -0.4 is 15.0 Å². The number of halogens is 1. The molecule has 5 aromatic rings. The van der Waals surface area contributed by atoms with Crippen molar-refractivity contribution in [3.63, 3.8) is 0 Å². The van der Waals surface area contributed by atoms with Gasteiger partial charge in [-0.15, -0.1) is 11.8 Å². The number of hydrogen-bond acceptors (Lipinski definition) is 6. The lowest BCUT2D eigenvalue weighted by molar-refractivity contribution is -0.123. The maximum absolute atomic E-state index is 13.9. The summed E-state index contributed by atoms with van der Waals surface area (Å²) in [4.78, 5) is 28.8. The standard InChI is InChI=1S/C33H29ClN4O4S/c1-21-6-3-4-8-27(21)32-30-31(22-9-11-23(34)12-10-22)36-38(24-13-15-25(41-2)16-14-24)33(30)37(29(40)20-43-32)19-28(39)35-18-26-7-5-17-42-26/h3-17,32H,18-20H2,1-2H3,(H,35,39)/t32-/m1/s1. The topological polar surface area (TPSA) is 89.6 Å². The molecule has 1 atom stereocenters. The Balaban J connectivity index is 1.55. The van der Waals surface area contributed by atoms with Crippen LogP contribution in [-0.4, -0.2) is 41.0 Å². The number of rotatable bonds is 8. The van der Waals surface area contributed by atoms with Gasteiger partial charge < -0.3 is 14.5 Å². The van der Waals surface area contributed by atoms with Crippen LogP contribution in [0.5, 0.6) is 5.75 Å². The largest absolute Gasteiger partial charge is 0.497 e. The summed E-state index contributed by atoms with van der Waals surface area (Å²) in [6.45, 7) is 2.10. The highest BCUT2D eigenvalue weighted by Crippen LogP contribution is 2.49. The van der Waals surface area contributed by atoms with Crippen LogP contribution in [0.3, 0.4) is 0 Å². The molecule has 0 fully saturated rings. The molecule has 0 spiro atoms. The number of aryl methyl sites for hydroxylation is 1. The lowest BCUT2D eigenvalue weighted by Crippen LogP contribution is -2.42. The predicted molar refractivity (Wildman–Crippen MR) is 169 cm³/mol. The van der Waals surface area contributed by atoms with Gasteiger partial charge in [-0.2, -0.15) is 5.10 Å². The average molecular weight is 613 g/mol. The second-order valence-electron chi connectivity index (χ2n) is 10.1. The normalized spacial score (nSPS) is 14.7. The summed E-state index contributed by atoms with van der Waals surface area (Å²) in [5, 5.41) is 8.39. The van der Waals surface area contributed by atoms with E-state index in [1.165, 1.54) is 11.8 Å². The number of benzene rings is 3. The highest BCUT2D eigenvalue weighted by Gasteiger charge is 2.38. The van der Waals surface area contributed by atoms with Crippen molar-refractivity contribution in [1.29, 1.82) is 0 Å². The van der Waals surface area contributed by atoms with Gasteiger partial charge in [0.2, 0.25) is 11.8 Å². The number of amides is 2. The summed E-state index contributed by atoms with van der Waals surface area (Å²) >= 11 is 7.80. The minimum atomic E-state index is -0.314. The molecule has 10 heteroatoms. The zero-order valence-corrected chi connectivity index (χ0v) is 25.2. The molecule has 8 nitrogen and oxygen atoms in total. The number of carbonyl (C=O) groups excluding carboxylic acids is 2. The Kier molecular flexibility index (Phi) is 8.26. The second-order valence-corrected chi connectivity index (χ2v) is 11.6. The fourth-order valence-electron chi connectivity index (χ4n) is 5.17. The number of nitrogens with one attached hydrogen (secondary N) is 1. The van der Waals surface area contributed by atoms with Gasteiger partial charge in [0, 0.05) is 16.1 Å². The summed E-state index contributed by atoms with van der Waals surface area (Å²) in [5.41, 5.74) is 5.31. The molecule has 0 bridgehead atoms. The quantitative estimate of drug-likeness (QED) is 0.213. The molecule has 218 valence electrons. The highest BCUT2D eigenvalue weighted by atomic mass is 35.5. The molecule has 6 rings (SSSR count). The molecule has 0 aliphatic carbocycles. The van der Waals surface area contributed by atoms with Gasteiger partial charge >= 0.3 is 0 Å². The molecule has 0 unspecified atom stereocenters. The van der Waals surface area contributed by atoms with Crippen LogP contribution >= 0.6 is 23.4 Å². The Morgan fingerprint density at radius 3 is 2.53 bits per heavy atom. The first-order valence-electron chi connectivity index (χ1n) is 13.7. The van der Waals surface area contributed by atoms with Gasteiger partial charge in [0.1, 0.15) is 23.9 Å². The van der Waals surface area contributed by atoms with E-state index in [0.717, 1.165) is 27.9 Å². The van der Waals surface area contributed by atoms with Crippen molar-refractivity contribution in [2.24, 2.45) is 0 Å². The monoisotopic (exact) mass is 612 g/mol. The number of furan rings is 1. The minimum Gasteiger partial charge on any atom is -0.497 e. The fourth-order valence-corrected chi connectivity index (χ4v) is 6.59. The third-order valence-corrected chi connectivity index (χ3v) is 8.82. The molecule has 0 saturated heterocycles. The number of thioether (sulfide) groups is 1. The predicted octanol–water partition coefficient (Wildman–Crippen LogP) is 6.59. The fraction of sp³-hybridized carbons (Fsp3) is 0.182. The summed E-state index contributed by atoms with van der Waals surface area (Å²) in [6, 6.07) is 26.7. The van der Waals surface area contributed by atoms with Crippen molar-refractivity contribution in [2.75, 3.05) is 24.3 Å². The Morgan fingerprint density at radius 1 is 1.07 bits per heavy atom.